The highest BCUT2D eigenvalue weighted by atomic mass is 16.5. The minimum Gasteiger partial charge on any atom is -0.496 e. The van der Waals surface area contributed by atoms with E-state index in [9.17, 15) is 9.59 Å². The molecule has 21 heavy (non-hydrogen) atoms. The molecule has 0 unspecified atom stereocenters. The third-order valence-corrected chi connectivity index (χ3v) is 2.86. The van der Waals surface area contributed by atoms with Crippen LogP contribution in [0.5, 0.6) is 5.75 Å². The Morgan fingerprint density at radius 1 is 1.14 bits per heavy atom. The lowest BCUT2D eigenvalue weighted by Gasteiger charge is -2.10. The molecule has 0 aliphatic rings. The number of nitrogen functional groups attached to an aromatic ring is 1. The number of rotatable bonds is 4. The maximum absolute atomic E-state index is 12.2. The van der Waals surface area contributed by atoms with Gasteiger partial charge in [-0.25, -0.2) is 4.79 Å². The molecular formula is C15H14N2O4. The van der Waals surface area contributed by atoms with Gasteiger partial charge in [0.25, 0.3) is 5.91 Å². The van der Waals surface area contributed by atoms with Crippen LogP contribution in [0.1, 0.15) is 20.7 Å². The number of ether oxygens (including phenoxy) is 1. The molecule has 0 heterocycles. The molecule has 0 aliphatic heterocycles. The van der Waals surface area contributed by atoms with Crippen molar-refractivity contribution in [3.05, 3.63) is 53.6 Å². The highest BCUT2D eigenvalue weighted by molar-refractivity contribution is 6.06. The number of carbonyl (C=O) groups is 2. The van der Waals surface area contributed by atoms with Crippen molar-refractivity contribution in [2.45, 2.75) is 0 Å². The number of nitrogens with one attached hydrogen (secondary N) is 1. The fourth-order valence-electron chi connectivity index (χ4n) is 1.79. The summed E-state index contributed by atoms with van der Waals surface area (Å²) in [6, 6.07) is 10.6. The van der Waals surface area contributed by atoms with Crippen LogP contribution in [0.4, 0.5) is 11.4 Å². The monoisotopic (exact) mass is 286 g/mol. The smallest absolute Gasteiger partial charge is 0.335 e. The van der Waals surface area contributed by atoms with Crippen molar-refractivity contribution in [2.75, 3.05) is 18.2 Å². The largest absolute Gasteiger partial charge is 0.496 e. The summed E-state index contributed by atoms with van der Waals surface area (Å²) in [5.41, 5.74) is 7.11. The van der Waals surface area contributed by atoms with Gasteiger partial charge in [-0.2, -0.15) is 0 Å². The van der Waals surface area contributed by atoms with Crippen molar-refractivity contribution >= 4 is 23.3 Å². The zero-order valence-electron chi connectivity index (χ0n) is 11.3. The van der Waals surface area contributed by atoms with Gasteiger partial charge in [-0.1, -0.05) is 0 Å². The van der Waals surface area contributed by atoms with Crippen LogP contribution in [0, 0.1) is 0 Å². The Kier molecular flexibility index (Phi) is 4.08. The minimum atomic E-state index is -1.02. The number of hydrogen-bond acceptors (Lipinski definition) is 4. The molecule has 2 aromatic carbocycles. The first-order valence-corrected chi connectivity index (χ1v) is 6.09. The van der Waals surface area contributed by atoms with Gasteiger partial charge in [-0.15, -0.1) is 0 Å². The van der Waals surface area contributed by atoms with Crippen molar-refractivity contribution in [3.8, 4) is 5.75 Å². The molecule has 0 aliphatic carbocycles. The van der Waals surface area contributed by atoms with E-state index in [1.165, 1.54) is 31.4 Å². The van der Waals surface area contributed by atoms with E-state index in [-0.39, 0.29) is 11.5 Å². The molecule has 2 rings (SSSR count). The van der Waals surface area contributed by atoms with Crippen LogP contribution in [-0.2, 0) is 0 Å². The molecule has 0 bridgehead atoms. The zero-order chi connectivity index (χ0) is 15.4. The average molecular weight is 286 g/mol. The fraction of sp³-hybridized carbons (Fsp3) is 0.0667. The minimum absolute atomic E-state index is 0.151. The van der Waals surface area contributed by atoms with Crippen molar-refractivity contribution < 1.29 is 19.4 Å². The van der Waals surface area contributed by atoms with Crippen LogP contribution in [0.3, 0.4) is 0 Å². The van der Waals surface area contributed by atoms with Gasteiger partial charge < -0.3 is 20.9 Å². The number of nitrogens with two attached hydrogens (primary N) is 1. The molecule has 0 saturated carbocycles. The molecule has 0 saturated heterocycles. The van der Waals surface area contributed by atoms with Crippen LogP contribution in [0.25, 0.3) is 0 Å². The fourth-order valence-corrected chi connectivity index (χ4v) is 1.79. The Labute approximate surface area is 121 Å². The quantitative estimate of drug-likeness (QED) is 0.748. The Balaban J connectivity index is 2.19. The maximum atomic E-state index is 12.2. The predicted octanol–water partition coefficient (Wildman–Crippen LogP) is 2.23. The van der Waals surface area contributed by atoms with E-state index in [0.717, 1.165) is 0 Å². The van der Waals surface area contributed by atoms with E-state index in [2.05, 4.69) is 5.32 Å². The molecule has 6 nitrogen and oxygen atoms in total. The number of amides is 1. The third-order valence-electron chi connectivity index (χ3n) is 2.86. The molecule has 0 atom stereocenters. The average Bonchev–Trinajstić information content (AvgIpc) is 2.47. The third kappa shape index (κ3) is 3.30. The summed E-state index contributed by atoms with van der Waals surface area (Å²) in [5, 5.41) is 11.5. The van der Waals surface area contributed by atoms with E-state index in [4.69, 9.17) is 15.6 Å². The number of carboxylic acid groups (broad SMARTS) is 1. The summed E-state index contributed by atoms with van der Waals surface area (Å²) in [6.45, 7) is 0. The Hall–Kier alpha value is -3.02. The summed E-state index contributed by atoms with van der Waals surface area (Å²) in [4.78, 5) is 22.9. The van der Waals surface area contributed by atoms with Gasteiger partial charge in [0.05, 0.1) is 18.2 Å². The predicted molar refractivity (Wildman–Crippen MR) is 78.8 cm³/mol. The number of anilines is 2. The van der Waals surface area contributed by atoms with Crippen LogP contribution in [0.15, 0.2) is 42.5 Å². The second-order valence-electron chi connectivity index (χ2n) is 4.30. The normalized spacial score (nSPS) is 9.95. The number of carboxylic acids is 1. The molecule has 4 N–H and O–H groups in total. The molecule has 1 amide bonds. The number of aromatic carboxylic acids is 1. The SMILES string of the molecule is COc1cc(N)ccc1C(=O)Nc1ccc(C(=O)O)cc1. The topological polar surface area (TPSA) is 102 Å². The summed E-state index contributed by atoms with van der Waals surface area (Å²) in [6.07, 6.45) is 0. The van der Waals surface area contributed by atoms with Crippen molar-refractivity contribution in [1.82, 2.24) is 0 Å². The first-order valence-electron chi connectivity index (χ1n) is 6.09. The van der Waals surface area contributed by atoms with Gasteiger partial charge >= 0.3 is 5.97 Å². The van der Waals surface area contributed by atoms with Crippen molar-refractivity contribution in [2.24, 2.45) is 0 Å². The van der Waals surface area contributed by atoms with Crippen molar-refractivity contribution in [1.29, 1.82) is 0 Å². The van der Waals surface area contributed by atoms with E-state index in [0.29, 0.717) is 22.7 Å². The second kappa shape index (κ2) is 5.96. The van der Waals surface area contributed by atoms with Gasteiger partial charge in [0, 0.05) is 17.4 Å². The van der Waals surface area contributed by atoms with Crippen LogP contribution in [0.2, 0.25) is 0 Å². The highest BCUT2D eigenvalue weighted by Gasteiger charge is 2.13. The van der Waals surface area contributed by atoms with Gasteiger partial charge in [0.1, 0.15) is 5.75 Å². The molecule has 2 aromatic rings. The summed E-state index contributed by atoms with van der Waals surface area (Å²) < 4.78 is 5.12. The van der Waals surface area contributed by atoms with E-state index < -0.39 is 5.97 Å². The first-order chi connectivity index (χ1) is 10.0. The zero-order valence-corrected chi connectivity index (χ0v) is 11.3. The molecule has 0 spiro atoms. The number of methoxy groups -OCH3 is 1. The van der Waals surface area contributed by atoms with Gasteiger partial charge in [-0.3, -0.25) is 4.79 Å². The van der Waals surface area contributed by atoms with Gasteiger partial charge in [-0.05, 0) is 36.4 Å². The standard InChI is InChI=1S/C15H14N2O4/c1-21-13-8-10(16)4-7-12(13)14(18)17-11-5-2-9(3-6-11)15(19)20/h2-8H,16H2,1H3,(H,17,18)(H,19,20). The molecule has 0 radical (unpaired) electrons. The molecule has 6 heteroatoms. The second-order valence-corrected chi connectivity index (χ2v) is 4.30. The Morgan fingerprint density at radius 2 is 1.81 bits per heavy atom. The summed E-state index contributed by atoms with van der Waals surface area (Å²) >= 11 is 0. The number of benzene rings is 2. The molecular weight excluding hydrogens is 272 g/mol. The lowest BCUT2D eigenvalue weighted by Crippen LogP contribution is -2.13. The van der Waals surface area contributed by atoms with Crippen molar-refractivity contribution in [3.63, 3.8) is 0 Å². The molecule has 108 valence electrons. The van der Waals surface area contributed by atoms with Crippen LogP contribution >= 0.6 is 0 Å². The highest BCUT2D eigenvalue weighted by Crippen LogP contribution is 2.22. The molecule has 0 fully saturated rings. The van der Waals surface area contributed by atoms with E-state index in [1.54, 1.807) is 18.2 Å². The lowest BCUT2D eigenvalue weighted by atomic mass is 10.1. The summed E-state index contributed by atoms with van der Waals surface area (Å²) in [5.74, 6) is -1.02. The van der Waals surface area contributed by atoms with E-state index in [1.807, 2.05) is 0 Å². The number of carbonyl (C=O) groups excluding carboxylic acids is 1. The number of hydrogen-bond donors (Lipinski definition) is 3. The van der Waals surface area contributed by atoms with Gasteiger partial charge in [0.2, 0.25) is 0 Å². The Morgan fingerprint density at radius 3 is 2.38 bits per heavy atom. The van der Waals surface area contributed by atoms with Crippen LogP contribution in [-0.4, -0.2) is 24.1 Å². The van der Waals surface area contributed by atoms with E-state index >= 15 is 0 Å². The molecule has 0 aromatic heterocycles. The summed E-state index contributed by atoms with van der Waals surface area (Å²) in [7, 11) is 1.45. The van der Waals surface area contributed by atoms with Gasteiger partial charge in [0.15, 0.2) is 0 Å². The lowest BCUT2D eigenvalue weighted by molar-refractivity contribution is 0.0696. The Bertz CT molecular complexity index is 681. The first kappa shape index (κ1) is 14.4. The van der Waals surface area contributed by atoms with Crippen LogP contribution < -0.4 is 15.8 Å². The maximum Gasteiger partial charge on any atom is 0.335 e.